The molecule has 0 bridgehead atoms. The van der Waals surface area contributed by atoms with Crippen molar-refractivity contribution in [2.75, 3.05) is 5.32 Å². The van der Waals surface area contributed by atoms with Gasteiger partial charge in [0.1, 0.15) is 6.10 Å². The first-order chi connectivity index (χ1) is 21.9. The lowest BCUT2D eigenvalue weighted by atomic mass is 9.41. The Morgan fingerprint density at radius 2 is 1.87 bits per heavy atom. The van der Waals surface area contributed by atoms with E-state index in [9.17, 15) is 24.6 Å². The van der Waals surface area contributed by atoms with Crippen LogP contribution in [0.1, 0.15) is 107 Å². The highest BCUT2D eigenvalue weighted by atomic mass is 16.6. The molecule has 47 heavy (non-hydrogen) atoms. The lowest BCUT2D eigenvalue weighted by molar-refractivity contribution is -0.212. The maximum absolute atomic E-state index is 14.8. The normalized spacial score (nSPS) is 40.7. The van der Waals surface area contributed by atoms with E-state index in [1.165, 1.54) is 6.92 Å². The van der Waals surface area contributed by atoms with Gasteiger partial charge in [-0.2, -0.15) is 0 Å². The van der Waals surface area contributed by atoms with Crippen molar-refractivity contribution in [1.82, 2.24) is 0 Å². The fourth-order valence-corrected chi connectivity index (χ4v) is 10.7. The van der Waals surface area contributed by atoms with E-state index in [4.69, 9.17) is 9.47 Å². The summed E-state index contributed by atoms with van der Waals surface area (Å²) in [5.74, 6) is -0.792. The highest BCUT2D eigenvalue weighted by molar-refractivity contribution is 6.09. The molecule has 0 spiro atoms. The molecule has 7 rings (SSSR count). The van der Waals surface area contributed by atoms with Crippen LogP contribution in [-0.2, 0) is 25.5 Å². The van der Waals surface area contributed by atoms with E-state index in [1.807, 2.05) is 52.8 Å². The molecular formula is C39H49NO7. The van der Waals surface area contributed by atoms with Gasteiger partial charge in [0.15, 0.2) is 11.9 Å². The van der Waals surface area contributed by atoms with Crippen molar-refractivity contribution < 1.29 is 34.1 Å². The predicted molar refractivity (Wildman–Crippen MR) is 178 cm³/mol. The molecule has 252 valence electrons. The number of hydrogen-bond acceptors (Lipinski definition) is 7. The number of ketones is 1. The minimum absolute atomic E-state index is 0.00268. The Balaban J connectivity index is 1.31. The molecule has 0 aromatic heterocycles. The molecule has 3 fully saturated rings. The molecule has 6 aliphatic rings. The first kappa shape index (κ1) is 32.5. The highest BCUT2D eigenvalue weighted by Gasteiger charge is 2.70. The number of carbonyl (C=O) groups excluding carboxylic acids is 3. The number of amides is 1. The van der Waals surface area contributed by atoms with E-state index in [1.54, 1.807) is 0 Å². The average molecular weight is 644 g/mol. The van der Waals surface area contributed by atoms with Crippen molar-refractivity contribution in [1.29, 1.82) is 0 Å². The molecule has 0 radical (unpaired) electrons. The van der Waals surface area contributed by atoms with Gasteiger partial charge in [-0.05, 0) is 124 Å². The van der Waals surface area contributed by atoms with E-state index in [0.29, 0.717) is 48.9 Å². The summed E-state index contributed by atoms with van der Waals surface area (Å²) >= 11 is 0. The number of fused-ring (bicyclic) bond motifs is 10. The zero-order chi connectivity index (χ0) is 34.0. The summed E-state index contributed by atoms with van der Waals surface area (Å²) in [6.07, 6.45) is 3.79. The number of esters is 1. The van der Waals surface area contributed by atoms with Crippen LogP contribution in [0.4, 0.5) is 5.69 Å². The topological polar surface area (TPSA) is 122 Å². The van der Waals surface area contributed by atoms with Crippen LogP contribution in [0.3, 0.4) is 0 Å². The lowest BCUT2D eigenvalue weighted by Crippen LogP contribution is -2.70. The number of allylic oxidation sites excluding steroid dienone is 1. The third kappa shape index (κ3) is 4.39. The SMILES string of the molecule is C=C1Cc2ccc3c(c2[C@@H]2[C@@H]1C[C@@H]2C(C)(C)O)C(=O)C[C@@H]1CC[C@]2(O)C4=C[C@H](OC(C)=O)[C@H](C(=C)C)O[C@@H]4CC[C@@]2(C)[C@@]1(C)C(=O)N3. The zero-order valence-corrected chi connectivity index (χ0v) is 28.6. The van der Waals surface area contributed by atoms with Gasteiger partial charge in [0.05, 0.1) is 28.4 Å². The number of anilines is 1. The molecule has 3 saturated carbocycles. The summed E-state index contributed by atoms with van der Waals surface area (Å²) < 4.78 is 12.1. The number of aliphatic hydroxyl groups is 2. The van der Waals surface area contributed by atoms with Crippen molar-refractivity contribution >= 4 is 23.3 Å². The Morgan fingerprint density at radius 1 is 1.15 bits per heavy atom. The number of Topliss-reactive ketones (excluding diaryl/α,β-unsaturated/α-hetero) is 1. The summed E-state index contributed by atoms with van der Waals surface area (Å²) in [6.45, 7) is 19.2. The van der Waals surface area contributed by atoms with Crippen molar-refractivity contribution in [3.63, 3.8) is 0 Å². The number of hydrogen-bond donors (Lipinski definition) is 3. The van der Waals surface area contributed by atoms with Crippen LogP contribution in [0, 0.1) is 28.6 Å². The molecule has 2 aliphatic heterocycles. The Labute approximate surface area is 277 Å². The second kappa shape index (κ2) is 10.5. The molecule has 4 aliphatic carbocycles. The van der Waals surface area contributed by atoms with Crippen LogP contribution in [0.2, 0.25) is 0 Å². The van der Waals surface area contributed by atoms with Gasteiger partial charge in [0.2, 0.25) is 5.91 Å². The summed E-state index contributed by atoms with van der Waals surface area (Å²) in [7, 11) is 0. The van der Waals surface area contributed by atoms with Gasteiger partial charge in [-0.15, -0.1) is 0 Å². The molecule has 1 amide bonds. The molecular weight excluding hydrogens is 594 g/mol. The minimum atomic E-state index is -1.42. The second-order valence-corrected chi connectivity index (χ2v) is 16.4. The Hall–Kier alpha value is -3.07. The van der Waals surface area contributed by atoms with E-state index in [2.05, 4.69) is 18.5 Å². The summed E-state index contributed by atoms with van der Waals surface area (Å²) in [6, 6.07) is 3.86. The van der Waals surface area contributed by atoms with E-state index < -0.39 is 46.3 Å². The number of rotatable bonds is 3. The van der Waals surface area contributed by atoms with Crippen LogP contribution in [0.5, 0.6) is 0 Å². The third-order valence-electron chi connectivity index (χ3n) is 13.5. The van der Waals surface area contributed by atoms with E-state index in [0.717, 1.165) is 28.7 Å². The average Bonchev–Trinajstić information content (AvgIpc) is 2.94. The summed E-state index contributed by atoms with van der Waals surface area (Å²) in [4.78, 5) is 41.4. The molecule has 0 saturated heterocycles. The molecule has 8 heteroatoms. The largest absolute Gasteiger partial charge is 0.455 e. The van der Waals surface area contributed by atoms with Gasteiger partial charge in [0, 0.05) is 24.3 Å². The van der Waals surface area contributed by atoms with Crippen LogP contribution in [0.15, 0.2) is 48.1 Å². The van der Waals surface area contributed by atoms with Gasteiger partial charge in [-0.25, -0.2) is 0 Å². The quantitative estimate of drug-likeness (QED) is 0.274. The fourth-order valence-electron chi connectivity index (χ4n) is 10.7. The molecule has 10 atom stereocenters. The van der Waals surface area contributed by atoms with Crippen molar-refractivity contribution in [2.24, 2.45) is 28.6 Å². The smallest absolute Gasteiger partial charge is 0.303 e. The Bertz CT molecular complexity index is 1650. The van der Waals surface area contributed by atoms with Gasteiger partial charge in [-0.1, -0.05) is 31.7 Å². The molecule has 1 aromatic carbocycles. The maximum Gasteiger partial charge on any atom is 0.303 e. The lowest BCUT2D eigenvalue weighted by Gasteiger charge is -2.65. The standard InChI is InChI=1S/C39H49NO7/c1-19(2)34-30(46-21(4)41)18-25-29(47-34)12-13-37(7)38(8)23(11-14-39(25,37)45)16-28(42)33-27(40-35(38)43)10-9-22-15-20(3)24-17-26(36(5,6)44)32(24)31(22)33/h9-10,18,23-24,26,29-30,32,34,44-45H,1,3,11-17H2,2,4-8H3,(H,40,43)/t23-,24+,26-,29+,30-,32+,34-,37-,38+,39-/m0/s1. The Kier molecular flexibility index (Phi) is 7.23. The van der Waals surface area contributed by atoms with E-state index >= 15 is 0 Å². The third-order valence-corrected chi connectivity index (χ3v) is 13.5. The van der Waals surface area contributed by atoms with Gasteiger partial charge >= 0.3 is 5.97 Å². The number of carbonyl (C=O) groups is 3. The second-order valence-electron chi connectivity index (χ2n) is 16.4. The van der Waals surface area contributed by atoms with Crippen molar-refractivity contribution in [3.05, 3.63) is 64.8 Å². The molecule has 8 nitrogen and oxygen atoms in total. The van der Waals surface area contributed by atoms with E-state index in [-0.39, 0.29) is 41.8 Å². The molecule has 0 unspecified atom stereocenters. The number of ether oxygens (including phenoxy) is 2. The number of nitrogens with one attached hydrogen (secondary N) is 1. The van der Waals surface area contributed by atoms with Gasteiger partial charge in [0.25, 0.3) is 0 Å². The minimum Gasteiger partial charge on any atom is -0.455 e. The van der Waals surface area contributed by atoms with Crippen LogP contribution >= 0.6 is 0 Å². The maximum atomic E-state index is 14.8. The Morgan fingerprint density at radius 3 is 2.53 bits per heavy atom. The van der Waals surface area contributed by atoms with Gasteiger partial charge < -0.3 is 25.0 Å². The highest BCUT2D eigenvalue weighted by Crippen LogP contribution is 2.68. The number of benzene rings is 1. The summed E-state index contributed by atoms with van der Waals surface area (Å²) in [5.41, 5.74) is 1.27. The first-order valence-corrected chi connectivity index (χ1v) is 17.3. The van der Waals surface area contributed by atoms with Gasteiger partial charge in [-0.3, -0.25) is 14.4 Å². The van der Waals surface area contributed by atoms with Crippen LogP contribution in [-0.4, -0.2) is 57.4 Å². The fraction of sp³-hybridized carbons (Fsp3) is 0.615. The monoisotopic (exact) mass is 643 g/mol. The molecule has 2 heterocycles. The zero-order valence-electron chi connectivity index (χ0n) is 28.6. The first-order valence-electron chi connectivity index (χ1n) is 17.3. The molecule has 1 aromatic rings. The van der Waals surface area contributed by atoms with Crippen LogP contribution in [0.25, 0.3) is 0 Å². The summed E-state index contributed by atoms with van der Waals surface area (Å²) in [5, 5.41) is 27.1. The van der Waals surface area contributed by atoms with Crippen LogP contribution < -0.4 is 5.32 Å². The molecule has 3 N–H and O–H groups in total. The predicted octanol–water partition coefficient (Wildman–Crippen LogP) is 5.96. The van der Waals surface area contributed by atoms with Crippen molar-refractivity contribution in [3.8, 4) is 0 Å². The van der Waals surface area contributed by atoms with Crippen molar-refractivity contribution in [2.45, 2.75) is 122 Å².